The van der Waals surface area contributed by atoms with Crippen LogP contribution in [0, 0.1) is 10.5 Å². The third-order valence-corrected chi connectivity index (χ3v) is 5.26. The number of carbonyl (C=O) groups is 1. The first kappa shape index (κ1) is 14.8. The number of amides is 1. The number of halogens is 3. The number of hydrogen-bond donors (Lipinski definition) is 1. The van der Waals surface area contributed by atoms with Crippen LogP contribution in [0.4, 0.5) is 5.69 Å². The van der Waals surface area contributed by atoms with Crippen LogP contribution in [-0.4, -0.2) is 5.91 Å². The largest absolute Gasteiger partial charge is 0.322 e. The quantitative estimate of drug-likeness (QED) is 0.621. The van der Waals surface area contributed by atoms with Crippen LogP contribution in [0.1, 0.15) is 15.9 Å². The molecular formula is C14H10BrClINO. The fourth-order valence-corrected chi connectivity index (χ4v) is 2.70. The van der Waals surface area contributed by atoms with E-state index in [9.17, 15) is 4.79 Å². The number of hydrogen-bond acceptors (Lipinski definition) is 1. The van der Waals surface area contributed by atoms with Crippen molar-refractivity contribution < 1.29 is 4.79 Å². The molecule has 0 aliphatic carbocycles. The fourth-order valence-electron chi connectivity index (χ4n) is 1.60. The van der Waals surface area contributed by atoms with Crippen LogP contribution in [0.15, 0.2) is 40.9 Å². The Morgan fingerprint density at radius 1 is 1.32 bits per heavy atom. The Hall–Kier alpha value is -0.590. The highest BCUT2D eigenvalue weighted by molar-refractivity contribution is 14.1. The Balaban J connectivity index is 2.26. The topological polar surface area (TPSA) is 29.1 Å². The fraction of sp³-hybridized carbons (Fsp3) is 0.0714. The van der Waals surface area contributed by atoms with Crippen molar-refractivity contribution in [3.63, 3.8) is 0 Å². The zero-order valence-corrected chi connectivity index (χ0v) is 14.5. The van der Waals surface area contributed by atoms with Gasteiger partial charge in [0.15, 0.2) is 0 Å². The maximum absolute atomic E-state index is 12.2. The first-order valence-electron chi connectivity index (χ1n) is 5.50. The van der Waals surface area contributed by atoms with Gasteiger partial charge in [-0.15, -0.1) is 0 Å². The summed E-state index contributed by atoms with van der Waals surface area (Å²) in [7, 11) is 0. The molecule has 0 saturated heterocycles. The standard InChI is InChI=1S/C14H10BrClINO/c1-8-3-2-4-10(13(8)17)14(19)18-9-5-6-12(16)11(15)7-9/h2-7H,1H3,(H,18,19). The molecule has 2 rings (SSSR count). The minimum atomic E-state index is -0.123. The normalized spacial score (nSPS) is 10.3. The third-order valence-electron chi connectivity index (χ3n) is 2.61. The van der Waals surface area contributed by atoms with Crippen LogP contribution in [0.3, 0.4) is 0 Å². The minimum absolute atomic E-state index is 0.123. The second-order valence-electron chi connectivity index (χ2n) is 4.02. The zero-order valence-electron chi connectivity index (χ0n) is 10.0. The van der Waals surface area contributed by atoms with E-state index in [1.807, 2.05) is 25.1 Å². The maximum atomic E-state index is 12.2. The lowest BCUT2D eigenvalue weighted by molar-refractivity contribution is 0.102. The van der Waals surface area contributed by atoms with E-state index in [0.717, 1.165) is 13.6 Å². The molecule has 0 fully saturated rings. The highest BCUT2D eigenvalue weighted by atomic mass is 127. The van der Waals surface area contributed by atoms with Crippen molar-refractivity contribution in [1.29, 1.82) is 0 Å². The Labute approximate surface area is 138 Å². The van der Waals surface area contributed by atoms with Crippen molar-refractivity contribution >= 4 is 61.7 Å². The molecule has 0 heterocycles. The molecule has 0 aromatic heterocycles. The summed E-state index contributed by atoms with van der Waals surface area (Å²) in [6, 6.07) is 11.0. The molecule has 1 N–H and O–H groups in total. The van der Waals surface area contributed by atoms with Crippen LogP contribution >= 0.6 is 50.1 Å². The van der Waals surface area contributed by atoms with Gasteiger partial charge >= 0.3 is 0 Å². The first-order valence-corrected chi connectivity index (χ1v) is 7.75. The average molecular weight is 451 g/mol. The third kappa shape index (κ3) is 3.49. The van der Waals surface area contributed by atoms with E-state index < -0.39 is 0 Å². The molecule has 5 heteroatoms. The lowest BCUT2D eigenvalue weighted by atomic mass is 10.1. The Bertz CT molecular complexity index is 645. The zero-order chi connectivity index (χ0) is 14.0. The van der Waals surface area contributed by atoms with E-state index in [1.54, 1.807) is 18.2 Å². The smallest absolute Gasteiger partial charge is 0.256 e. The Kier molecular flexibility index (Phi) is 4.86. The monoisotopic (exact) mass is 449 g/mol. The molecule has 0 saturated carbocycles. The van der Waals surface area contributed by atoms with E-state index in [2.05, 4.69) is 43.8 Å². The van der Waals surface area contributed by atoms with Gasteiger partial charge in [-0.2, -0.15) is 0 Å². The SMILES string of the molecule is Cc1cccc(C(=O)Nc2ccc(Cl)c(Br)c2)c1I. The second kappa shape index (κ2) is 6.24. The van der Waals surface area contributed by atoms with E-state index in [4.69, 9.17) is 11.6 Å². The van der Waals surface area contributed by atoms with Gasteiger partial charge < -0.3 is 5.32 Å². The summed E-state index contributed by atoms with van der Waals surface area (Å²) >= 11 is 11.4. The summed E-state index contributed by atoms with van der Waals surface area (Å²) in [5, 5.41) is 3.48. The highest BCUT2D eigenvalue weighted by Gasteiger charge is 2.11. The van der Waals surface area contributed by atoms with Crippen molar-refractivity contribution in [2.45, 2.75) is 6.92 Å². The van der Waals surface area contributed by atoms with Gasteiger partial charge in [-0.3, -0.25) is 4.79 Å². The second-order valence-corrected chi connectivity index (χ2v) is 6.36. The molecule has 2 nitrogen and oxygen atoms in total. The number of nitrogens with one attached hydrogen (secondary N) is 1. The maximum Gasteiger partial charge on any atom is 0.256 e. The summed E-state index contributed by atoms with van der Waals surface area (Å²) in [6.45, 7) is 1.98. The number of benzene rings is 2. The van der Waals surface area contributed by atoms with Crippen molar-refractivity contribution in [1.82, 2.24) is 0 Å². The van der Waals surface area contributed by atoms with E-state index in [-0.39, 0.29) is 5.91 Å². The predicted octanol–water partition coefficient (Wildman–Crippen LogP) is 5.27. The van der Waals surface area contributed by atoms with Gasteiger partial charge in [0.25, 0.3) is 5.91 Å². The van der Waals surface area contributed by atoms with Crippen molar-refractivity contribution in [2.75, 3.05) is 5.32 Å². The van der Waals surface area contributed by atoms with Gasteiger partial charge in [0.05, 0.1) is 10.6 Å². The van der Waals surface area contributed by atoms with Gasteiger partial charge in [0.2, 0.25) is 0 Å². The molecule has 2 aromatic carbocycles. The van der Waals surface area contributed by atoms with Crippen LogP contribution in [0.5, 0.6) is 0 Å². The van der Waals surface area contributed by atoms with Crippen molar-refractivity contribution in [3.05, 3.63) is 60.6 Å². The van der Waals surface area contributed by atoms with Crippen LogP contribution in [-0.2, 0) is 0 Å². The minimum Gasteiger partial charge on any atom is -0.322 e. The molecular weight excluding hydrogens is 440 g/mol. The lowest BCUT2D eigenvalue weighted by Gasteiger charge is -2.09. The van der Waals surface area contributed by atoms with Gasteiger partial charge in [-0.1, -0.05) is 23.7 Å². The summed E-state index contributed by atoms with van der Waals surface area (Å²) in [5.74, 6) is -0.123. The van der Waals surface area contributed by atoms with E-state index in [1.165, 1.54) is 0 Å². The van der Waals surface area contributed by atoms with Crippen molar-refractivity contribution in [2.24, 2.45) is 0 Å². The van der Waals surface area contributed by atoms with Crippen LogP contribution in [0.2, 0.25) is 5.02 Å². The molecule has 0 atom stereocenters. The molecule has 0 aliphatic heterocycles. The number of carbonyl (C=O) groups excluding carboxylic acids is 1. The van der Waals surface area contributed by atoms with E-state index >= 15 is 0 Å². The molecule has 0 bridgehead atoms. The highest BCUT2D eigenvalue weighted by Crippen LogP contribution is 2.26. The molecule has 0 aliphatic rings. The lowest BCUT2D eigenvalue weighted by Crippen LogP contribution is -2.13. The summed E-state index contributed by atoms with van der Waals surface area (Å²) in [6.07, 6.45) is 0. The van der Waals surface area contributed by atoms with E-state index in [0.29, 0.717) is 16.3 Å². The van der Waals surface area contributed by atoms with Crippen LogP contribution in [0.25, 0.3) is 0 Å². The predicted molar refractivity (Wildman–Crippen MR) is 91.0 cm³/mol. The summed E-state index contributed by atoms with van der Waals surface area (Å²) in [4.78, 5) is 12.2. The molecule has 0 radical (unpaired) electrons. The number of aryl methyl sites for hydroxylation is 1. The summed E-state index contributed by atoms with van der Waals surface area (Å²) < 4.78 is 1.72. The molecule has 19 heavy (non-hydrogen) atoms. The molecule has 1 amide bonds. The van der Waals surface area contributed by atoms with Crippen molar-refractivity contribution in [3.8, 4) is 0 Å². The van der Waals surface area contributed by atoms with Gasteiger partial charge in [-0.25, -0.2) is 0 Å². The van der Waals surface area contributed by atoms with Gasteiger partial charge in [0.1, 0.15) is 0 Å². The Morgan fingerprint density at radius 3 is 2.74 bits per heavy atom. The van der Waals surface area contributed by atoms with Crippen LogP contribution < -0.4 is 5.32 Å². The first-order chi connectivity index (χ1) is 8.99. The number of rotatable bonds is 2. The Morgan fingerprint density at radius 2 is 2.05 bits per heavy atom. The van der Waals surface area contributed by atoms with Gasteiger partial charge in [0, 0.05) is 13.7 Å². The molecule has 0 spiro atoms. The molecule has 0 unspecified atom stereocenters. The van der Waals surface area contributed by atoms with Gasteiger partial charge in [-0.05, 0) is 75.3 Å². The average Bonchev–Trinajstić information content (AvgIpc) is 2.37. The summed E-state index contributed by atoms with van der Waals surface area (Å²) in [5.41, 5.74) is 2.47. The number of anilines is 1. The molecule has 2 aromatic rings. The molecule has 98 valence electrons.